The van der Waals surface area contributed by atoms with Gasteiger partial charge in [0.2, 0.25) is 0 Å². The van der Waals surface area contributed by atoms with Crippen LogP contribution in [0, 0.1) is 17.8 Å². The van der Waals surface area contributed by atoms with Crippen molar-refractivity contribution in [3.63, 3.8) is 0 Å². The predicted octanol–water partition coefficient (Wildman–Crippen LogP) is 4.37. The molecule has 2 saturated carbocycles. The van der Waals surface area contributed by atoms with Gasteiger partial charge in [0, 0.05) is 6.04 Å². The Kier molecular flexibility index (Phi) is 5.34. The smallest absolute Gasteiger partial charge is 0.00980 e. The Bertz CT molecular complexity index is 212. The number of hydrogen-bond donors (Lipinski definition) is 1. The summed E-state index contributed by atoms with van der Waals surface area (Å²) >= 11 is 0. The lowest BCUT2D eigenvalue weighted by Crippen LogP contribution is -2.34. The van der Waals surface area contributed by atoms with E-state index < -0.39 is 0 Å². The fourth-order valence-electron chi connectivity index (χ4n) is 3.81. The van der Waals surface area contributed by atoms with Crippen LogP contribution in [-0.4, -0.2) is 12.6 Å². The number of rotatable bonds is 8. The van der Waals surface area contributed by atoms with Gasteiger partial charge in [-0.3, -0.25) is 0 Å². The zero-order valence-corrected chi connectivity index (χ0v) is 11.9. The third-order valence-corrected chi connectivity index (χ3v) is 4.85. The molecule has 0 spiro atoms. The zero-order chi connectivity index (χ0) is 12.1. The molecule has 2 aliphatic carbocycles. The van der Waals surface area contributed by atoms with Gasteiger partial charge in [-0.2, -0.15) is 0 Å². The zero-order valence-electron chi connectivity index (χ0n) is 11.9. The number of nitrogens with one attached hydrogen (secondary N) is 1. The molecule has 2 aliphatic rings. The molecule has 2 bridgehead atoms. The second-order valence-corrected chi connectivity index (χ2v) is 6.83. The molecule has 2 rings (SSSR count). The summed E-state index contributed by atoms with van der Waals surface area (Å²) in [5, 5.41) is 3.81. The minimum atomic E-state index is 0.891. The van der Waals surface area contributed by atoms with Gasteiger partial charge < -0.3 is 5.32 Å². The van der Waals surface area contributed by atoms with Crippen LogP contribution in [0.15, 0.2) is 0 Å². The summed E-state index contributed by atoms with van der Waals surface area (Å²) in [6.07, 6.45) is 13.2. The van der Waals surface area contributed by atoms with Crippen LogP contribution in [0.3, 0.4) is 0 Å². The first-order valence-electron chi connectivity index (χ1n) is 7.99. The van der Waals surface area contributed by atoms with Gasteiger partial charge >= 0.3 is 0 Å². The summed E-state index contributed by atoms with van der Waals surface area (Å²) in [7, 11) is 0. The van der Waals surface area contributed by atoms with Gasteiger partial charge in [0.25, 0.3) is 0 Å². The second-order valence-electron chi connectivity index (χ2n) is 6.83. The molecule has 3 atom stereocenters. The Morgan fingerprint density at radius 1 is 1.00 bits per heavy atom. The van der Waals surface area contributed by atoms with Crippen molar-refractivity contribution in [2.45, 2.75) is 77.7 Å². The fourth-order valence-corrected chi connectivity index (χ4v) is 3.81. The molecule has 0 saturated heterocycles. The van der Waals surface area contributed by atoms with E-state index in [0.717, 1.165) is 23.8 Å². The summed E-state index contributed by atoms with van der Waals surface area (Å²) in [6, 6.07) is 0.893. The van der Waals surface area contributed by atoms with Crippen molar-refractivity contribution in [3.8, 4) is 0 Å². The van der Waals surface area contributed by atoms with Crippen molar-refractivity contribution in [1.29, 1.82) is 0 Å². The summed E-state index contributed by atoms with van der Waals surface area (Å²) in [4.78, 5) is 0. The van der Waals surface area contributed by atoms with Gasteiger partial charge in [-0.15, -0.1) is 0 Å². The van der Waals surface area contributed by atoms with Crippen molar-refractivity contribution >= 4 is 0 Å². The predicted molar refractivity (Wildman–Crippen MR) is 75.2 cm³/mol. The highest BCUT2D eigenvalue weighted by molar-refractivity contribution is 4.93. The standard InChI is InChI=1S/C16H31N/c1-13(2)7-5-3-4-6-10-17-16-12-14-8-9-15(16)11-14/h13-17H,3-12H2,1-2H3. The summed E-state index contributed by atoms with van der Waals surface area (Å²) in [6.45, 7) is 5.93. The third-order valence-electron chi connectivity index (χ3n) is 4.85. The van der Waals surface area contributed by atoms with Crippen LogP contribution in [0.5, 0.6) is 0 Å². The minimum absolute atomic E-state index is 0.891. The molecule has 3 unspecified atom stereocenters. The van der Waals surface area contributed by atoms with E-state index in [4.69, 9.17) is 0 Å². The first-order chi connectivity index (χ1) is 8.25. The van der Waals surface area contributed by atoms with E-state index in [9.17, 15) is 0 Å². The highest BCUT2D eigenvalue weighted by atomic mass is 14.9. The van der Waals surface area contributed by atoms with Crippen molar-refractivity contribution in [2.75, 3.05) is 6.54 Å². The van der Waals surface area contributed by atoms with Crippen LogP contribution in [0.2, 0.25) is 0 Å². The maximum atomic E-state index is 3.81. The summed E-state index contributed by atoms with van der Waals surface area (Å²) in [5.74, 6) is 3.02. The molecule has 2 fully saturated rings. The Labute approximate surface area is 108 Å². The molecule has 0 amide bonds. The van der Waals surface area contributed by atoms with E-state index in [1.807, 2.05) is 0 Å². The van der Waals surface area contributed by atoms with Gasteiger partial charge in [0.1, 0.15) is 0 Å². The Hall–Kier alpha value is -0.0400. The molecular weight excluding hydrogens is 206 g/mol. The first kappa shape index (κ1) is 13.4. The van der Waals surface area contributed by atoms with Crippen LogP contribution >= 0.6 is 0 Å². The lowest BCUT2D eigenvalue weighted by Gasteiger charge is -2.22. The molecule has 1 N–H and O–H groups in total. The quantitative estimate of drug-likeness (QED) is 0.618. The lowest BCUT2D eigenvalue weighted by atomic mass is 9.95. The molecule has 100 valence electrons. The molecule has 17 heavy (non-hydrogen) atoms. The fraction of sp³-hybridized carbons (Fsp3) is 1.00. The van der Waals surface area contributed by atoms with Gasteiger partial charge in [-0.05, 0) is 50.0 Å². The number of unbranched alkanes of at least 4 members (excludes halogenated alkanes) is 3. The first-order valence-corrected chi connectivity index (χ1v) is 7.99. The third kappa shape index (κ3) is 4.28. The second kappa shape index (κ2) is 6.78. The number of fused-ring (bicyclic) bond motifs is 2. The molecule has 0 aromatic rings. The Balaban J connectivity index is 1.42. The molecule has 0 radical (unpaired) electrons. The van der Waals surface area contributed by atoms with Crippen LogP contribution in [-0.2, 0) is 0 Å². The molecule has 1 heteroatoms. The van der Waals surface area contributed by atoms with Crippen molar-refractivity contribution in [2.24, 2.45) is 17.8 Å². The van der Waals surface area contributed by atoms with Crippen molar-refractivity contribution in [3.05, 3.63) is 0 Å². The molecule has 0 aliphatic heterocycles. The Morgan fingerprint density at radius 3 is 2.47 bits per heavy atom. The average Bonchev–Trinajstić information content (AvgIpc) is 2.89. The van der Waals surface area contributed by atoms with Crippen LogP contribution in [0.1, 0.15) is 71.6 Å². The van der Waals surface area contributed by atoms with Crippen LogP contribution < -0.4 is 5.32 Å². The molecule has 0 aromatic carbocycles. The number of hydrogen-bond acceptors (Lipinski definition) is 1. The van der Waals surface area contributed by atoms with Gasteiger partial charge in [-0.25, -0.2) is 0 Å². The minimum Gasteiger partial charge on any atom is -0.314 e. The topological polar surface area (TPSA) is 12.0 Å². The van der Waals surface area contributed by atoms with Crippen LogP contribution in [0.4, 0.5) is 0 Å². The Morgan fingerprint density at radius 2 is 1.82 bits per heavy atom. The van der Waals surface area contributed by atoms with E-state index in [2.05, 4.69) is 19.2 Å². The maximum absolute atomic E-state index is 3.81. The molecule has 1 nitrogen and oxygen atoms in total. The molecular formula is C16H31N. The van der Waals surface area contributed by atoms with E-state index in [1.54, 1.807) is 0 Å². The average molecular weight is 237 g/mol. The summed E-state index contributed by atoms with van der Waals surface area (Å²) in [5.41, 5.74) is 0. The largest absolute Gasteiger partial charge is 0.314 e. The highest BCUT2D eigenvalue weighted by Crippen LogP contribution is 2.44. The SMILES string of the molecule is CC(C)CCCCCCNC1CC2CCC1C2. The molecule has 0 heterocycles. The van der Waals surface area contributed by atoms with Crippen molar-refractivity contribution in [1.82, 2.24) is 5.32 Å². The maximum Gasteiger partial charge on any atom is 0.00980 e. The van der Waals surface area contributed by atoms with Gasteiger partial charge in [0.05, 0.1) is 0 Å². The van der Waals surface area contributed by atoms with E-state index >= 15 is 0 Å². The van der Waals surface area contributed by atoms with E-state index in [-0.39, 0.29) is 0 Å². The lowest BCUT2D eigenvalue weighted by molar-refractivity contribution is 0.348. The van der Waals surface area contributed by atoms with Crippen molar-refractivity contribution < 1.29 is 0 Å². The van der Waals surface area contributed by atoms with Gasteiger partial charge in [0.15, 0.2) is 0 Å². The molecule has 0 aromatic heterocycles. The van der Waals surface area contributed by atoms with E-state index in [1.165, 1.54) is 64.3 Å². The van der Waals surface area contributed by atoms with Crippen LogP contribution in [0.25, 0.3) is 0 Å². The van der Waals surface area contributed by atoms with E-state index in [0.29, 0.717) is 0 Å². The van der Waals surface area contributed by atoms with Gasteiger partial charge in [-0.1, -0.05) is 46.0 Å². The monoisotopic (exact) mass is 237 g/mol. The highest BCUT2D eigenvalue weighted by Gasteiger charge is 2.38. The normalized spacial score (nSPS) is 31.6. The summed E-state index contributed by atoms with van der Waals surface area (Å²) < 4.78 is 0.